The van der Waals surface area contributed by atoms with E-state index in [9.17, 15) is 0 Å². The minimum Gasteiger partial charge on any atom is -0.437 e. The molecule has 1 aromatic carbocycles. The molecule has 0 saturated heterocycles. The Bertz CT molecular complexity index is 516. The van der Waals surface area contributed by atoms with Crippen LogP contribution in [0.15, 0.2) is 36.7 Å². The van der Waals surface area contributed by atoms with E-state index in [4.69, 9.17) is 16.3 Å². The van der Waals surface area contributed by atoms with E-state index in [2.05, 4.69) is 22.2 Å². The molecule has 100 valence electrons. The van der Waals surface area contributed by atoms with Crippen LogP contribution in [-0.2, 0) is 6.54 Å². The maximum atomic E-state index is 5.82. The second-order valence-electron chi connectivity index (χ2n) is 4.08. The maximum Gasteiger partial charge on any atom is 0.238 e. The zero-order valence-corrected chi connectivity index (χ0v) is 11.5. The van der Waals surface area contributed by atoms with E-state index in [0.717, 1.165) is 18.7 Å². The fourth-order valence-corrected chi connectivity index (χ4v) is 1.66. The number of rotatable bonds is 6. The molecule has 5 heteroatoms. The second-order valence-corrected chi connectivity index (χ2v) is 4.52. The summed E-state index contributed by atoms with van der Waals surface area (Å²) >= 11 is 5.82. The SMILES string of the molecule is CCCNCc1cncc(Oc2ccc(Cl)cc2)n1. The van der Waals surface area contributed by atoms with Gasteiger partial charge in [0.15, 0.2) is 0 Å². The topological polar surface area (TPSA) is 47.0 Å². The van der Waals surface area contributed by atoms with Crippen molar-refractivity contribution < 1.29 is 4.74 Å². The van der Waals surface area contributed by atoms with E-state index in [1.54, 1.807) is 36.7 Å². The Morgan fingerprint density at radius 1 is 1.21 bits per heavy atom. The van der Waals surface area contributed by atoms with Crippen molar-refractivity contribution in [2.24, 2.45) is 0 Å². The normalized spacial score (nSPS) is 10.4. The van der Waals surface area contributed by atoms with E-state index >= 15 is 0 Å². The number of benzene rings is 1. The van der Waals surface area contributed by atoms with Gasteiger partial charge in [0, 0.05) is 17.8 Å². The van der Waals surface area contributed by atoms with Crippen LogP contribution in [0.25, 0.3) is 0 Å². The predicted molar refractivity (Wildman–Crippen MR) is 75.6 cm³/mol. The van der Waals surface area contributed by atoms with Crippen molar-refractivity contribution in [1.82, 2.24) is 15.3 Å². The van der Waals surface area contributed by atoms with Crippen molar-refractivity contribution >= 4 is 11.6 Å². The summed E-state index contributed by atoms with van der Waals surface area (Å²) in [6.07, 6.45) is 4.42. The number of halogens is 1. The lowest BCUT2D eigenvalue weighted by atomic mass is 10.3. The first-order chi connectivity index (χ1) is 9.28. The minimum absolute atomic E-state index is 0.484. The standard InChI is InChI=1S/C14H16ClN3O/c1-2-7-16-8-12-9-17-10-14(18-12)19-13-5-3-11(15)4-6-13/h3-6,9-10,16H,2,7-8H2,1H3. The highest BCUT2D eigenvalue weighted by Crippen LogP contribution is 2.20. The summed E-state index contributed by atoms with van der Waals surface area (Å²) in [6.45, 7) is 3.78. The largest absolute Gasteiger partial charge is 0.437 e. The van der Waals surface area contributed by atoms with Crippen LogP contribution >= 0.6 is 11.6 Å². The Kier molecular flexibility index (Phi) is 5.12. The molecule has 0 atom stereocenters. The Morgan fingerprint density at radius 2 is 2.00 bits per heavy atom. The van der Waals surface area contributed by atoms with Crippen LogP contribution in [0.1, 0.15) is 19.0 Å². The molecule has 0 saturated carbocycles. The summed E-state index contributed by atoms with van der Waals surface area (Å²) in [5.74, 6) is 1.18. The van der Waals surface area contributed by atoms with Gasteiger partial charge in [0.1, 0.15) is 5.75 Å². The molecule has 0 fully saturated rings. The number of nitrogens with zero attached hydrogens (tertiary/aromatic N) is 2. The van der Waals surface area contributed by atoms with Gasteiger partial charge in [0.05, 0.1) is 11.9 Å². The molecule has 0 unspecified atom stereocenters. The molecule has 1 N–H and O–H groups in total. The fourth-order valence-electron chi connectivity index (χ4n) is 1.54. The van der Waals surface area contributed by atoms with Gasteiger partial charge in [0.2, 0.25) is 5.88 Å². The predicted octanol–water partition coefficient (Wildman–Crippen LogP) is 3.42. The van der Waals surface area contributed by atoms with E-state index in [0.29, 0.717) is 23.2 Å². The van der Waals surface area contributed by atoms with Gasteiger partial charge in [-0.3, -0.25) is 4.98 Å². The zero-order valence-electron chi connectivity index (χ0n) is 10.8. The summed E-state index contributed by atoms with van der Waals surface area (Å²) in [6, 6.07) is 7.14. The lowest BCUT2D eigenvalue weighted by Gasteiger charge is -2.06. The molecule has 1 heterocycles. The lowest BCUT2D eigenvalue weighted by Crippen LogP contribution is -2.15. The van der Waals surface area contributed by atoms with Gasteiger partial charge in [-0.25, -0.2) is 4.98 Å². The van der Waals surface area contributed by atoms with Gasteiger partial charge in [-0.2, -0.15) is 0 Å². The smallest absolute Gasteiger partial charge is 0.238 e. The van der Waals surface area contributed by atoms with Crippen molar-refractivity contribution in [3.8, 4) is 11.6 Å². The van der Waals surface area contributed by atoms with Crippen molar-refractivity contribution in [2.75, 3.05) is 6.54 Å². The molecule has 0 bridgehead atoms. The molecular weight excluding hydrogens is 262 g/mol. The molecule has 0 aliphatic carbocycles. The van der Waals surface area contributed by atoms with E-state index in [1.165, 1.54) is 0 Å². The maximum absolute atomic E-state index is 5.82. The van der Waals surface area contributed by atoms with Crippen molar-refractivity contribution in [2.45, 2.75) is 19.9 Å². The molecule has 19 heavy (non-hydrogen) atoms. The Hall–Kier alpha value is -1.65. The van der Waals surface area contributed by atoms with Gasteiger partial charge >= 0.3 is 0 Å². The first-order valence-electron chi connectivity index (χ1n) is 6.23. The van der Waals surface area contributed by atoms with Crippen LogP contribution in [0.2, 0.25) is 5.02 Å². The molecule has 2 rings (SSSR count). The number of ether oxygens (including phenoxy) is 1. The lowest BCUT2D eigenvalue weighted by molar-refractivity contribution is 0.456. The zero-order chi connectivity index (χ0) is 13.5. The second kappa shape index (κ2) is 7.07. The van der Waals surface area contributed by atoms with Crippen LogP contribution in [0.4, 0.5) is 0 Å². The fraction of sp³-hybridized carbons (Fsp3) is 0.286. The first kappa shape index (κ1) is 13.8. The average Bonchev–Trinajstić information content (AvgIpc) is 2.42. The molecule has 0 amide bonds. The van der Waals surface area contributed by atoms with Crippen LogP contribution in [0, 0.1) is 0 Å². The molecule has 0 spiro atoms. The molecule has 2 aromatic rings. The third-order valence-electron chi connectivity index (χ3n) is 2.43. The van der Waals surface area contributed by atoms with Gasteiger partial charge in [-0.05, 0) is 37.2 Å². The summed E-state index contributed by atoms with van der Waals surface area (Å²) in [5, 5.41) is 3.95. The Labute approximate surface area is 117 Å². The van der Waals surface area contributed by atoms with Crippen molar-refractivity contribution in [3.05, 3.63) is 47.4 Å². The van der Waals surface area contributed by atoms with Gasteiger partial charge in [0.25, 0.3) is 0 Å². The van der Waals surface area contributed by atoms with Gasteiger partial charge < -0.3 is 10.1 Å². The number of nitrogens with one attached hydrogen (secondary N) is 1. The monoisotopic (exact) mass is 277 g/mol. The summed E-state index contributed by atoms with van der Waals surface area (Å²) in [5.41, 5.74) is 0.861. The highest BCUT2D eigenvalue weighted by atomic mass is 35.5. The van der Waals surface area contributed by atoms with E-state index in [1.807, 2.05) is 0 Å². The van der Waals surface area contributed by atoms with Crippen molar-refractivity contribution in [1.29, 1.82) is 0 Å². The number of hydrogen-bond acceptors (Lipinski definition) is 4. The summed E-state index contributed by atoms with van der Waals surface area (Å²) < 4.78 is 5.62. The molecule has 0 aliphatic heterocycles. The van der Waals surface area contributed by atoms with E-state index in [-0.39, 0.29) is 0 Å². The highest BCUT2D eigenvalue weighted by molar-refractivity contribution is 6.30. The molecule has 0 aliphatic rings. The Morgan fingerprint density at radius 3 is 2.74 bits per heavy atom. The molecule has 0 radical (unpaired) electrons. The Balaban J connectivity index is 2.00. The molecule has 1 aromatic heterocycles. The highest BCUT2D eigenvalue weighted by Gasteiger charge is 2.01. The van der Waals surface area contributed by atoms with Crippen LogP contribution in [-0.4, -0.2) is 16.5 Å². The third-order valence-corrected chi connectivity index (χ3v) is 2.68. The van der Waals surface area contributed by atoms with Crippen LogP contribution < -0.4 is 10.1 Å². The molecular formula is C14H16ClN3O. The van der Waals surface area contributed by atoms with Crippen molar-refractivity contribution in [3.63, 3.8) is 0 Å². The van der Waals surface area contributed by atoms with Crippen LogP contribution in [0.3, 0.4) is 0 Å². The average molecular weight is 278 g/mol. The van der Waals surface area contributed by atoms with Crippen LogP contribution in [0.5, 0.6) is 11.6 Å². The number of hydrogen-bond donors (Lipinski definition) is 1. The summed E-state index contributed by atoms with van der Waals surface area (Å²) in [4.78, 5) is 8.51. The molecule has 4 nitrogen and oxygen atoms in total. The third kappa shape index (κ3) is 4.50. The quantitative estimate of drug-likeness (QED) is 0.822. The number of aromatic nitrogens is 2. The minimum atomic E-state index is 0.484. The van der Waals surface area contributed by atoms with E-state index < -0.39 is 0 Å². The summed E-state index contributed by atoms with van der Waals surface area (Å²) in [7, 11) is 0. The first-order valence-corrected chi connectivity index (χ1v) is 6.61. The van der Waals surface area contributed by atoms with Gasteiger partial charge in [-0.15, -0.1) is 0 Å². The van der Waals surface area contributed by atoms with Gasteiger partial charge in [-0.1, -0.05) is 18.5 Å².